The highest BCUT2D eigenvalue weighted by atomic mass is 32.1. The molecule has 1 aliphatic heterocycles. The zero-order valence-corrected chi connectivity index (χ0v) is 14.4. The van der Waals surface area contributed by atoms with Crippen molar-refractivity contribution < 1.29 is 14.4 Å². The fraction of sp³-hybridized carbons (Fsp3) is 0.353. The predicted molar refractivity (Wildman–Crippen MR) is 91.9 cm³/mol. The Morgan fingerprint density at radius 1 is 1.24 bits per heavy atom. The van der Waals surface area contributed by atoms with Crippen molar-refractivity contribution in [2.75, 3.05) is 11.9 Å². The van der Waals surface area contributed by atoms with Gasteiger partial charge in [-0.1, -0.05) is 18.3 Å². The normalized spacial score (nSPS) is 16.3. The lowest BCUT2D eigenvalue weighted by Gasteiger charge is -2.11. The lowest BCUT2D eigenvalue weighted by Crippen LogP contribution is -2.30. The summed E-state index contributed by atoms with van der Waals surface area (Å²) in [7, 11) is 0. The Morgan fingerprint density at radius 2 is 2.00 bits per heavy atom. The third-order valence-electron chi connectivity index (χ3n) is 4.27. The molecule has 1 fully saturated rings. The molecule has 8 heteroatoms. The highest BCUT2D eigenvalue weighted by molar-refractivity contribution is 7.15. The number of amides is 3. The first-order valence-electron chi connectivity index (χ1n) is 8.23. The number of hydrogen-bond donors (Lipinski definition) is 1. The van der Waals surface area contributed by atoms with E-state index in [1.807, 2.05) is 6.92 Å². The Hall–Kier alpha value is -2.61. The number of fused-ring (bicyclic) bond motifs is 1. The van der Waals surface area contributed by atoms with Crippen LogP contribution in [0.2, 0.25) is 0 Å². The van der Waals surface area contributed by atoms with E-state index in [2.05, 4.69) is 15.5 Å². The van der Waals surface area contributed by atoms with Crippen LogP contribution in [0, 0.1) is 0 Å². The van der Waals surface area contributed by atoms with Crippen LogP contribution in [0.1, 0.15) is 68.2 Å². The Labute approximate surface area is 148 Å². The van der Waals surface area contributed by atoms with Crippen molar-refractivity contribution >= 4 is 34.2 Å². The maximum absolute atomic E-state index is 12.4. The molecule has 1 N–H and O–H groups in total. The molecule has 1 aromatic carbocycles. The van der Waals surface area contributed by atoms with Gasteiger partial charge in [0.15, 0.2) is 0 Å². The van der Waals surface area contributed by atoms with Crippen LogP contribution in [0.15, 0.2) is 18.2 Å². The summed E-state index contributed by atoms with van der Waals surface area (Å²) >= 11 is 1.38. The quantitative estimate of drug-likeness (QED) is 0.832. The Kier molecular flexibility index (Phi) is 3.84. The maximum Gasteiger partial charge on any atom is 0.261 e. The molecule has 1 saturated carbocycles. The van der Waals surface area contributed by atoms with Gasteiger partial charge in [-0.05, 0) is 37.5 Å². The van der Waals surface area contributed by atoms with Gasteiger partial charge < -0.3 is 0 Å². The van der Waals surface area contributed by atoms with E-state index < -0.39 is 0 Å². The van der Waals surface area contributed by atoms with E-state index in [-0.39, 0.29) is 23.3 Å². The molecule has 0 unspecified atom stereocenters. The first-order chi connectivity index (χ1) is 12.1. The first kappa shape index (κ1) is 15.9. The SMILES string of the molecule is CCCN1C(=O)c2ccc(C(=O)Nc3nnc(C4CC4)s3)cc2C1=O. The monoisotopic (exact) mass is 356 g/mol. The summed E-state index contributed by atoms with van der Waals surface area (Å²) < 4.78 is 0. The first-order valence-corrected chi connectivity index (χ1v) is 9.05. The molecule has 0 saturated heterocycles. The summed E-state index contributed by atoms with van der Waals surface area (Å²) in [6.07, 6.45) is 2.94. The highest BCUT2D eigenvalue weighted by Gasteiger charge is 2.35. The van der Waals surface area contributed by atoms with Crippen LogP contribution >= 0.6 is 11.3 Å². The topological polar surface area (TPSA) is 92.3 Å². The van der Waals surface area contributed by atoms with Crippen molar-refractivity contribution in [3.05, 3.63) is 39.9 Å². The second-order valence-corrected chi connectivity index (χ2v) is 7.21. The molecule has 7 nitrogen and oxygen atoms in total. The largest absolute Gasteiger partial charge is 0.296 e. The molecule has 25 heavy (non-hydrogen) atoms. The summed E-state index contributed by atoms with van der Waals surface area (Å²) in [4.78, 5) is 38.2. The molecule has 2 aliphatic rings. The second kappa shape index (κ2) is 6.03. The van der Waals surface area contributed by atoms with Crippen LogP contribution in [0.4, 0.5) is 5.13 Å². The Morgan fingerprint density at radius 3 is 2.72 bits per heavy atom. The molecule has 3 amide bonds. The van der Waals surface area contributed by atoms with E-state index in [0.717, 1.165) is 17.8 Å². The van der Waals surface area contributed by atoms with E-state index >= 15 is 0 Å². The minimum absolute atomic E-state index is 0.280. The van der Waals surface area contributed by atoms with Crippen LogP contribution in [0.3, 0.4) is 0 Å². The molecule has 1 aliphatic carbocycles. The molecule has 1 aromatic heterocycles. The number of aromatic nitrogens is 2. The molecular formula is C17H16N4O3S. The van der Waals surface area contributed by atoms with Crippen molar-refractivity contribution in [2.24, 2.45) is 0 Å². The highest BCUT2D eigenvalue weighted by Crippen LogP contribution is 2.42. The maximum atomic E-state index is 12.4. The average Bonchev–Trinajstić information content (AvgIpc) is 3.32. The van der Waals surface area contributed by atoms with Gasteiger partial charge in [0.25, 0.3) is 17.7 Å². The van der Waals surface area contributed by atoms with Gasteiger partial charge >= 0.3 is 0 Å². The van der Waals surface area contributed by atoms with E-state index in [1.165, 1.54) is 28.4 Å². The van der Waals surface area contributed by atoms with E-state index in [1.54, 1.807) is 6.07 Å². The van der Waals surface area contributed by atoms with Crippen molar-refractivity contribution in [1.29, 1.82) is 0 Å². The van der Waals surface area contributed by atoms with Gasteiger partial charge in [0.1, 0.15) is 5.01 Å². The molecule has 2 heterocycles. The average molecular weight is 356 g/mol. The number of hydrogen-bond acceptors (Lipinski definition) is 6. The van der Waals surface area contributed by atoms with Crippen molar-refractivity contribution in [3.63, 3.8) is 0 Å². The molecule has 0 bridgehead atoms. The van der Waals surface area contributed by atoms with Crippen molar-refractivity contribution in [1.82, 2.24) is 15.1 Å². The fourth-order valence-corrected chi connectivity index (χ4v) is 3.72. The Bertz CT molecular complexity index is 888. The number of nitrogens with zero attached hydrogens (tertiary/aromatic N) is 3. The van der Waals surface area contributed by atoms with Gasteiger partial charge in [-0.15, -0.1) is 10.2 Å². The minimum Gasteiger partial charge on any atom is -0.296 e. The molecule has 2 aromatic rings. The number of carbonyl (C=O) groups excluding carboxylic acids is 3. The number of nitrogens with one attached hydrogen (secondary N) is 1. The van der Waals surface area contributed by atoms with Crippen LogP contribution in [-0.4, -0.2) is 39.4 Å². The van der Waals surface area contributed by atoms with Crippen LogP contribution in [0.5, 0.6) is 0 Å². The summed E-state index contributed by atoms with van der Waals surface area (Å²) in [5.74, 6) is -0.526. The summed E-state index contributed by atoms with van der Waals surface area (Å²) in [5.41, 5.74) is 0.949. The third kappa shape index (κ3) is 2.82. The fourth-order valence-electron chi connectivity index (χ4n) is 2.81. The van der Waals surface area contributed by atoms with Gasteiger partial charge in [0.2, 0.25) is 5.13 Å². The predicted octanol–water partition coefficient (Wildman–Crippen LogP) is 2.67. The summed E-state index contributed by atoms with van der Waals surface area (Å²) in [6, 6.07) is 4.57. The zero-order chi connectivity index (χ0) is 17.6. The van der Waals surface area contributed by atoms with E-state index in [9.17, 15) is 14.4 Å². The minimum atomic E-state index is -0.365. The summed E-state index contributed by atoms with van der Waals surface area (Å²) in [6.45, 7) is 2.28. The number of rotatable bonds is 5. The number of benzene rings is 1. The molecule has 0 radical (unpaired) electrons. The van der Waals surface area contributed by atoms with E-state index in [4.69, 9.17) is 0 Å². The summed E-state index contributed by atoms with van der Waals surface area (Å²) in [5, 5.41) is 12.2. The molecule has 128 valence electrons. The van der Waals surface area contributed by atoms with Crippen LogP contribution < -0.4 is 5.32 Å². The smallest absolute Gasteiger partial charge is 0.261 e. The number of carbonyl (C=O) groups is 3. The van der Waals surface area contributed by atoms with Gasteiger partial charge in [-0.25, -0.2) is 0 Å². The molecule has 0 atom stereocenters. The van der Waals surface area contributed by atoms with Gasteiger partial charge in [0, 0.05) is 18.0 Å². The van der Waals surface area contributed by atoms with Gasteiger partial charge in [-0.3, -0.25) is 24.6 Å². The van der Waals surface area contributed by atoms with Crippen molar-refractivity contribution in [2.45, 2.75) is 32.1 Å². The number of imide groups is 1. The van der Waals surface area contributed by atoms with Crippen LogP contribution in [-0.2, 0) is 0 Å². The van der Waals surface area contributed by atoms with Gasteiger partial charge in [0.05, 0.1) is 11.1 Å². The molecular weight excluding hydrogens is 340 g/mol. The van der Waals surface area contributed by atoms with Crippen LogP contribution in [0.25, 0.3) is 0 Å². The third-order valence-corrected chi connectivity index (χ3v) is 5.27. The second-order valence-electron chi connectivity index (χ2n) is 6.20. The standard InChI is InChI=1S/C17H16N4O3S/c1-2-7-21-15(23)11-6-5-10(8-12(11)16(21)24)13(22)18-17-20-19-14(25-17)9-3-4-9/h5-6,8-9H,2-4,7H2,1H3,(H,18,20,22). The molecule has 4 rings (SSSR count). The number of anilines is 1. The zero-order valence-electron chi connectivity index (χ0n) is 13.6. The van der Waals surface area contributed by atoms with E-state index in [0.29, 0.717) is 35.1 Å². The Balaban J connectivity index is 1.54. The lowest BCUT2D eigenvalue weighted by molar-refractivity contribution is 0.0654. The lowest BCUT2D eigenvalue weighted by atomic mass is 10.1. The van der Waals surface area contributed by atoms with Gasteiger partial charge in [-0.2, -0.15) is 0 Å². The molecule has 0 spiro atoms. The van der Waals surface area contributed by atoms with Crippen molar-refractivity contribution in [3.8, 4) is 0 Å².